The molecular formula is C18H26O6Si. The van der Waals surface area contributed by atoms with Crippen molar-refractivity contribution in [1.29, 1.82) is 0 Å². The Kier molecular flexibility index (Phi) is 9.44. The van der Waals surface area contributed by atoms with Gasteiger partial charge in [0.2, 0.25) is 0 Å². The molecule has 0 saturated heterocycles. The largest absolute Gasteiger partial charge is 0.537 e. The number of benzene rings is 1. The smallest absolute Gasteiger partial charge is 0.367 e. The van der Waals surface area contributed by atoms with Crippen LogP contribution in [0.2, 0.25) is 0 Å². The summed E-state index contributed by atoms with van der Waals surface area (Å²) >= 11 is 0. The molecule has 3 unspecified atom stereocenters. The van der Waals surface area contributed by atoms with E-state index in [2.05, 4.69) is 0 Å². The summed E-state index contributed by atoms with van der Waals surface area (Å²) in [6.45, 7) is 5.29. The van der Waals surface area contributed by atoms with Crippen molar-refractivity contribution in [2.45, 2.75) is 58.3 Å². The van der Waals surface area contributed by atoms with E-state index in [-0.39, 0.29) is 19.3 Å². The quantitative estimate of drug-likeness (QED) is 0.391. The Bertz CT molecular complexity index is 490. The maximum Gasteiger partial charge on any atom is 0.537 e. The zero-order valence-corrected chi connectivity index (χ0v) is 15.9. The van der Waals surface area contributed by atoms with Crippen LogP contribution >= 0.6 is 0 Å². The van der Waals surface area contributed by atoms with Crippen LogP contribution in [-0.4, -0.2) is 46.0 Å². The molecule has 0 aliphatic heterocycles. The van der Waals surface area contributed by atoms with Gasteiger partial charge in [0.1, 0.15) is 18.9 Å². The third kappa shape index (κ3) is 6.99. The highest BCUT2D eigenvalue weighted by atomic mass is 28.4. The Balaban J connectivity index is 3.25. The highest BCUT2D eigenvalue weighted by Crippen LogP contribution is 2.20. The molecule has 0 fully saturated rings. The number of carbonyl (C=O) groups is 3. The lowest BCUT2D eigenvalue weighted by molar-refractivity contribution is -0.109. The Morgan fingerprint density at radius 2 is 1.12 bits per heavy atom. The van der Waals surface area contributed by atoms with Crippen LogP contribution in [0.15, 0.2) is 30.3 Å². The second kappa shape index (κ2) is 11.0. The van der Waals surface area contributed by atoms with Gasteiger partial charge in [0.25, 0.3) is 0 Å². The molecule has 1 rings (SSSR count). The van der Waals surface area contributed by atoms with Crippen molar-refractivity contribution in [3.05, 3.63) is 30.3 Å². The summed E-state index contributed by atoms with van der Waals surface area (Å²) in [7, 11) is -3.45. The second-order valence-electron chi connectivity index (χ2n) is 5.91. The summed E-state index contributed by atoms with van der Waals surface area (Å²) in [6.07, 6.45) is 1.65. The average Bonchev–Trinajstić information content (AvgIpc) is 2.56. The summed E-state index contributed by atoms with van der Waals surface area (Å²) in [4.78, 5) is 32.5. The van der Waals surface area contributed by atoms with Crippen LogP contribution < -0.4 is 5.19 Å². The molecule has 0 amide bonds. The van der Waals surface area contributed by atoms with Crippen LogP contribution in [-0.2, 0) is 27.7 Å². The van der Waals surface area contributed by atoms with Gasteiger partial charge in [-0.2, -0.15) is 0 Å². The van der Waals surface area contributed by atoms with Crippen LogP contribution in [0.4, 0.5) is 0 Å². The minimum Gasteiger partial charge on any atom is -0.367 e. The third-order valence-electron chi connectivity index (χ3n) is 3.48. The lowest BCUT2D eigenvalue weighted by atomic mass is 10.3. The molecule has 0 aromatic heterocycles. The molecule has 0 radical (unpaired) electrons. The first kappa shape index (κ1) is 21.4. The SMILES string of the molecule is CC(CC=O)O[Si](OC(C)CC=O)(OC(C)CC=O)c1ccccc1. The zero-order valence-electron chi connectivity index (χ0n) is 14.9. The highest BCUT2D eigenvalue weighted by Gasteiger charge is 2.48. The van der Waals surface area contributed by atoms with E-state index in [1.165, 1.54) is 0 Å². The lowest BCUT2D eigenvalue weighted by Crippen LogP contribution is -2.60. The molecule has 1 aromatic rings. The molecule has 0 aliphatic carbocycles. The Hall–Kier alpha value is -1.67. The van der Waals surface area contributed by atoms with Gasteiger partial charge >= 0.3 is 8.80 Å². The van der Waals surface area contributed by atoms with Crippen molar-refractivity contribution in [3.63, 3.8) is 0 Å². The molecule has 6 nitrogen and oxygen atoms in total. The van der Waals surface area contributed by atoms with Gasteiger partial charge in [-0.15, -0.1) is 0 Å². The molecule has 3 atom stereocenters. The van der Waals surface area contributed by atoms with Crippen LogP contribution in [0.1, 0.15) is 40.0 Å². The van der Waals surface area contributed by atoms with Crippen LogP contribution in [0.3, 0.4) is 0 Å². The van der Waals surface area contributed by atoms with E-state index < -0.39 is 27.1 Å². The van der Waals surface area contributed by atoms with E-state index in [4.69, 9.17) is 13.3 Å². The highest BCUT2D eigenvalue weighted by molar-refractivity contribution is 6.75. The van der Waals surface area contributed by atoms with Gasteiger partial charge in [0.05, 0.1) is 18.3 Å². The van der Waals surface area contributed by atoms with Crippen LogP contribution in [0.25, 0.3) is 0 Å². The molecule has 1 aromatic carbocycles. The minimum absolute atomic E-state index is 0.193. The van der Waals surface area contributed by atoms with E-state index in [1.807, 2.05) is 30.3 Å². The van der Waals surface area contributed by atoms with Gasteiger partial charge in [-0.1, -0.05) is 30.3 Å². The summed E-state index contributed by atoms with van der Waals surface area (Å²) in [5, 5.41) is 0.725. The summed E-state index contributed by atoms with van der Waals surface area (Å²) in [6, 6.07) is 9.21. The van der Waals surface area contributed by atoms with Gasteiger partial charge in [0, 0.05) is 24.4 Å². The molecule has 138 valence electrons. The number of hydrogen-bond donors (Lipinski definition) is 0. The number of rotatable bonds is 13. The molecule has 0 bridgehead atoms. The molecule has 7 heteroatoms. The molecule has 0 heterocycles. The van der Waals surface area contributed by atoms with Gasteiger partial charge in [0.15, 0.2) is 0 Å². The van der Waals surface area contributed by atoms with Crippen molar-refractivity contribution in [2.75, 3.05) is 0 Å². The monoisotopic (exact) mass is 366 g/mol. The summed E-state index contributed by atoms with van der Waals surface area (Å²) < 4.78 is 18.4. The Labute approximate surface area is 149 Å². The van der Waals surface area contributed by atoms with Gasteiger partial charge in [-0.3, -0.25) is 0 Å². The fourth-order valence-electron chi connectivity index (χ4n) is 2.28. The van der Waals surface area contributed by atoms with E-state index in [9.17, 15) is 14.4 Å². The number of hydrogen-bond acceptors (Lipinski definition) is 6. The first-order chi connectivity index (χ1) is 12.0. The molecule has 0 N–H and O–H groups in total. The van der Waals surface area contributed by atoms with Crippen molar-refractivity contribution in [3.8, 4) is 0 Å². The molecule has 0 saturated carbocycles. The van der Waals surface area contributed by atoms with Crippen LogP contribution in [0.5, 0.6) is 0 Å². The number of carbonyl (C=O) groups excluding carboxylic acids is 3. The lowest BCUT2D eigenvalue weighted by Gasteiger charge is -2.35. The maximum atomic E-state index is 10.8. The predicted molar refractivity (Wildman–Crippen MR) is 95.5 cm³/mol. The first-order valence-corrected chi connectivity index (χ1v) is 10.1. The van der Waals surface area contributed by atoms with Gasteiger partial charge < -0.3 is 27.7 Å². The average molecular weight is 366 g/mol. The third-order valence-corrected chi connectivity index (χ3v) is 6.66. The number of aldehydes is 3. The van der Waals surface area contributed by atoms with Gasteiger partial charge in [-0.05, 0) is 20.8 Å². The molecule has 0 aliphatic rings. The summed E-state index contributed by atoms with van der Waals surface area (Å²) in [5.41, 5.74) is 0. The maximum absolute atomic E-state index is 10.8. The van der Waals surface area contributed by atoms with Crippen LogP contribution in [0, 0.1) is 0 Å². The van der Waals surface area contributed by atoms with Crippen molar-refractivity contribution in [2.24, 2.45) is 0 Å². The van der Waals surface area contributed by atoms with Crippen molar-refractivity contribution < 1.29 is 27.7 Å². The molecular weight excluding hydrogens is 340 g/mol. The topological polar surface area (TPSA) is 78.9 Å². The van der Waals surface area contributed by atoms with Gasteiger partial charge in [-0.25, -0.2) is 0 Å². The molecule has 0 spiro atoms. The second-order valence-corrected chi connectivity index (χ2v) is 8.31. The Morgan fingerprint density at radius 3 is 1.44 bits per heavy atom. The summed E-state index contributed by atoms with van der Waals surface area (Å²) in [5.74, 6) is 0. The normalized spacial score (nSPS) is 17.1. The first-order valence-electron chi connectivity index (χ1n) is 8.37. The fraction of sp³-hybridized carbons (Fsp3) is 0.500. The fourth-order valence-corrected chi connectivity index (χ4v) is 5.33. The molecule has 25 heavy (non-hydrogen) atoms. The van der Waals surface area contributed by atoms with E-state index >= 15 is 0 Å². The van der Waals surface area contributed by atoms with E-state index in [0.29, 0.717) is 0 Å². The van der Waals surface area contributed by atoms with E-state index in [1.54, 1.807) is 20.8 Å². The predicted octanol–water partition coefficient (Wildman–Crippen LogP) is 1.81. The minimum atomic E-state index is -3.45. The van der Waals surface area contributed by atoms with Crippen molar-refractivity contribution >= 4 is 32.8 Å². The zero-order chi connectivity index (χ0) is 18.7. The standard InChI is InChI=1S/C18H26O6Si/c1-15(9-12-19)22-25(23-16(2)10-13-20,24-17(3)11-14-21)18-7-5-4-6-8-18/h4-8,12-17H,9-11H2,1-3H3. The Morgan fingerprint density at radius 1 is 0.760 bits per heavy atom. The van der Waals surface area contributed by atoms with E-state index in [0.717, 1.165) is 24.0 Å². The van der Waals surface area contributed by atoms with Crippen molar-refractivity contribution in [1.82, 2.24) is 0 Å².